The second-order valence-corrected chi connectivity index (χ2v) is 6.17. The van der Waals surface area contributed by atoms with E-state index in [1.165, 1.54) is 0 Å². The van der Waals surface area contributed by atoms with Crippen LogP contribution in [0, 0.1) is 0 Å². The van der Waals surface area contributed by atoms with Crippen LogP contribution in [0.1, 0.15) is 19.8 Å². The molecule has 0 amide bonds. The zero-order valence-electron chi connectivity index (χ0n) is 8.27. The molecule has 1 heterocycles. The molecule has 2 rings (SSSR count). The van der Waals surface area contributed by atoms with Crippen LogP contribution in [0.5, 0.6) is 0 Å². The summed E-state index contributed by atoms with van der Waals surface area (Å²) in [6.07, 6.45) is 1.72. The van der Waals surface area contributed by atoms with Crippen LogP contribution in [0.25, 0.3) is 0 Å². The highest BCUT2D eigenvalue weighted by Gasteiger charge is 2.40. The molecule has 0 aromatic heterocycles. The van der Waals surface area contributed by atoms with Gasteiger partial charge in [0.05, 0.1) is 5.25 Å². The van der Waals surface area contributed by atoms with Gasteiger partial charge in [0, 0.05) is 25.7 Å². The van der Waals surface area contributed by atoms with E-state index in [-0.39, 0.29) is 17.7 Å². The lowest BCUT2D eigenvalue weighted by Crippen LogP contribution is -2.52. The Bertz CT molecular complexity index is 290. The Morgan fingerprint density at radius 1 is 1.36 bits per heavy atom. The van der Waals surface area contributed by atoms with Crippen molar-refractivity contribution in [2.45, 2.75) is 31.1 Å². The van der Waals surface area contributed by atoms with Gasteiger partial charge in [-0.05, 0) is 19.8 Å². The van der Waals surface area contributed by atoms with Gasteiger partial charge in [0.25, 0.3) is 0 Å². The maximum atomic E-state index is 11.8. The summed E-state index contributed by atoms with van der Waals surface area (Å²) in [6.45, 7) is 4.09. The summed E-state index contributed by atoms with van der Waals surface area (Å²) in [5.74, 6) is 0. The van der Waals surface area contributed by atoms with Crippen molar-refractivity contribution in [3.63, 3.8) is 0 Å². The van der Waals surface area contributed by atoms with E-state index in [9.17, 15) is 8.42 Å². The first-order chi connectivity index (χ1) is 6.10. The molecule has 84 valence electrons. The fourth-order valence-corrected chi connectivity index (χ4v) is 3.64. The SMILES string of the molecule is C[C@@H]1CN(S(=O)(=O)C2CC2)CCN1.Cl. The highest BCUT2D eigenvalue weighted by molar-refractivity contribution is 7.90. The number of nitrogens with zero attached hydrogens (tertiary/aromatic N) is 1. The van der Waals surface area contributed by atoms with Crippen LogP contribution in [0.15, 0.2) is 0 Å². The first kappa shape index (κ1) is 12.2. The van der Waals surface area contributed by atoms with Crippen molar-refractivity contribution in [1.29, 1.82) is 0 Å². The van der Waals surface area contributed by atoms with Crippen LogP contribution in [-0.4, -0.2) is 43.6 Å². The predicted molar refractivity (Wildman–Crippen MR) is 58.2 cm³/mol. The number of piperazine rings is 1. The molecule has 14 heavy (non-hydrogen) atoms. The third-order valence-corrected chi connectivity index (χ3v) is 5.00. The summed E-state index contributed by atoms with van der Waals surface area (Å²) in [5.41, 5.74) is 0. The molecule has 4 nitrogen and oxygen atoms in total. The fourth-order valence-electron chi connectivity index (χ4n) is 1.70. The summed E-state index contributed by atoms with van der Waals surface area (Å²) >= 11 is 0. The third-order valence-electron chi connectivity index (χ3n) is 2.64. The Kier molecular flexibility index (Phi) is 3.80. The molecule has 1 N–H and O–H groups in total. The molecule has 1 aliphatic heterocycles. The second kappa shape index (κ2) is 4.35. The van der Waals surface area contributed by atoms with E-state index in [2.05, 4.69) is 5.32 Å². The number of hydrogen-bond donors (Lipinski definition) is 1. The van der Waals surface area contributed by atoms with Gasteiger partial charge in [-0.2, -0.15) is 4.31 Å². The average molecular weight is 241 g/mol. The Morgan fingerprint density at radius 3 is 2.50 bits per heavy atom. The van der Waals surface area contributed by atoms with Gasteiger partial charge in [-0.1, -0.05) is 0 Å². The topological polar surface area (TPSA) is 49.4 Å². The fraction of sp³-hybridized carbons (Fsp3) is 1.00. The van der Waals surface area contributed by atoms with Crippen LogP contribution in [0.4, 0.5) is 0 Å². The maximum Gasteiger partial charge on any atom is 0.217 e. The van der Waals surface area contributed by atoms with E-state index in [4.69, 9.17) is 0 Å². The van der Waals surface area contributed by atoms with E-state index in [1.807, 2.05) is 6.92 Å². The molecule has 0 bridgehead atoms. The molecule has 1 saturated heterocycles. The third kappa shape index (κ3) is 2.39. The van der Waals surface area contributed by atoms with E-state index in [0.29, 0.717) is 19.1 Å². The molecule has 0 spiro atoms. The van der Waals surface area contributed by atoms with Gasteiger partial charge in [0.15, 0.2) is 0 Å². The minimum absolute atomic E-state index is 0. The standard InChI is InChI=1S/C8H16N2O2S.ClH/c1-7-6-10(5-4-9-7)13(11,12)8-2-3-8;/h7-9H,2-6H2,1H3;1H/t7-;/m1./s1. The van der Waals surface area contributed by atoms with Crippen molar-refractivity contribution in [2.24, 2.45) is 0 Å². The van der Waals surface area contributed by atoms with Gasteiger partial charge >= 0.3 is 0 Å². The summed E-state index contributed by atoms with van der Waals surface area (Å²) in [6, 6.07) is 0.294. The van der Waals surface area contributed by atoms with Gasteiger partial charge in [-0.25, -0.2) is 8.42 Å². The van der Waals surface area contributed by atoms with Crippen molar-refractivity contribution < 1.29 is 8.42 Å². The van der Waals surface area contributed by atoms with Gasteiger partial charge in [-0.15, -0.1) is 12.4 Å². The minimum Gasteiger partial charge on any atom is -0.312 e. The number of hydrogen-bond acceptors (Lipinski definition) is 3. The molecule has 6 heteroatoms. The summed E-state index contributed by atoms with van der Waals surface area (Å²) < 4.78 is 25.2. The van der Waals surface area contributed by atoms with E-state index >= 15 is 0 Å². The number of rotatable bonds is 2. The predicted octanol–water partition coefficient (Wildman–Crippen LogP) is 0.194. The van der Waals surface area contributed by atoms with Crippen molar-refractivity contribution in [3.8, 4) is 0 Å². The molecule has 1 atom stereocenters. The largest absolute Gasteiger partial charge is 0.312 e. The van der Waals surface area contributed by atoms with Crippen molar-refractivity contribution in [2.75, 3.05) is 19.6 Å². The van der Waals surface area contributed by atoms with Crippen LogP contribution in [-0.2, 0) is 10.0 Å². The molecular weight excluding hydrogens is 224 g/mol. The second-order valence-electron chi connectivity index (χ2n) is 3.96. The highest BCUT2D eigenvalue weighted by Crippen LogP contribution is 2.31. The Hall–Kier alpha value is 0.160. The average Bonchev–Trinajstić information content (AvgIpc) is 2.86. The monoisotopic (exact) mass is 240 g/mol. The summed E-state index contributed by atoms with van der Waals surface area (Å²) in [5, 5.41) is 3.18. The van der Waals surface area contributed by atoms with E-state index in [1.54, 1.807) is 4.31 Å². The lowest BCUT2D eigenvalue weighted by Gasteiger charge is -2.30. The summed E-state index contributed by atoms with van der Waals surface area (Å²) in [7, 11) is -2.93. The van der Waals surface area contributed by atoms with Crippen LogP contribution < -0.4 is 5.32 Å². The lowest BCUT2D eigenvalue weighted by molar-refractivity contribution is 0.310. The van der Waals surface area contributed by atoms with Crippen LogP contribution >= 0.6 is 12.4 Å². The van der Waals surface area contributed by atoms with Crippen LogP contribution in [0.2, 0.25) is 0 Å². The molecule has 0 aromatic carbocycles. The number of sulfonamides is 1. The Balaban J connectivity index is 0.000000980. The zero-order chi connectivity index (χ0) is 9.47. The quantitative estimate of drug-likeness (QED) is 0.750. The normalized spacial score (nSPS) is 29.6. The lowest BCUT2D eigenvalue weighted by atomic mass is 10.3. The van der Waals surface area contributed by atoms with Crippen LogP contribution in [0.3, 0.4) is 0 Å². The smallest absolute Gasteiger partial charge is 0.217 e. The molecule has 0 unspecified atom stereocenters. The van der Waals surface area contributed by atoms with Crippen molar-refractivity contribution in [3.05, 3.63) is 0 Å². The summed E-state index contributed by atoms with van der Waals surface area (Å²) in [4.78, 5) is 0. The van der Waals surface area contributed by atoms with Gasteiger partial charge in [0.2, 0.25) is 10.0 Å². The van der Waals surface area contributed by atoms with Crippen molar-refractivity contribution in [1.82, 2.24) is 9.62 Å². The molecule has 1 saturated carbocycles. The first-order valence-electron chi connectivity index (χ1n) is 4.83. The van der Waals surface area contributed by atoms with Gasteiger partial charge in [-0.3, -0.25) is 0 Å². The first-order valence-corrected chi connectivity index (χ1v) is 6.33. The molecule has 1 aliphatic carbocycles. The number of halogens is 1. The maximum absolute atomic E-state index is 11.8. The zero-order valence-corrected chi connectivity index (χ0v) is 9.90. The van der Waals surface area contributed by atoms with E-state index in [0.717, 1.165) is 19.4 Å². The van der Waals surface area contributed by atoms with Gasteiger partial charge < -0.3 is 5.32 Å². The molecule has 0 aromatic rings. The van der Waals surface area contributed by atoms with Crippen molar-refractivity contribution >= 4 is 22.4 Å². The molecule has 2 fully saturated rings. The number of nitrogens with one attached hydrogen (secondary N) is 1. The molecular formula is C8H17ClN2O2S. The van der Waals surface area contributed by atoms with Gasteiger partial charge in [0.1, 0.15) is 0 Å². The molecule has 2 aliphatic rings. The van der Waals surface area contributed by atoms with E-state index < -0.39 is 10.0 Å². The highest BCUT2D eigenvalue weighted by atomic mass is 35.5. The Morgan fingerprint density at radius 2 is 2.00 bits per heavy atom. The minimum atomic E-state index is -2.93. The molecule has 0 radical (unpaired) electrons. The Labute approximate surface area is 91.5 Å².